The number of H-pyrrole nitrogens is 1. The third-order valence-corrected chi connectivity index (χ3v) is 7.13. The molecule has 0 saturated carbocycles. The standard InChI is InChI=1S/C30H30N2O3/c1-35-25-14-11-21(12-15-25)10-13-24-8-5-9-26-28(24)31-20-27(29(26)33)30(34)32-18-16-23(17-19-32)22-6-3-2-4-7-22/h2-9,11-12,14-15,20,23H,10,13,16-19H2,1H3,(H,31,33). The van der Waals surface area contributed by atoms with Gasteiger partial charge in [0.1, 0.15) is 11.3 Å². The zero-order chi connectivity index (χ0) is 24.2. The largest absolute Gasteiger partial charge is 0.497 e. The van der Waals surface area contributed by atoms with Gasteiger partial charge in [0.05, 0.1) is 12.6 Å². The Morgan fingerprint density at radius 2 is 1.69 bits per heavy atom. The Kier molecular flexibility index (Phi) is 6.66. The molecule has 1 aliphatic heterocycles. The van der Waals surface area contributed by atoms with Crippen LogP contribution >= 0.6 is 0 Å². The molecule has 1 aliphatic rings. The Balaban J connectivity index is 1.31. The normalized spacial score (nSPS) is 14.3. The Labute approximate surface area is 205 Å². The highest BCUT2D eigenvalue weighted by molar-refractivity contribution is 5.97. The van der Waals surface area contributed by atoms with E-state index < -0.39 is 0 Å². The first kappa shape index (κ1) is 22.9. The first-order chi connectivity index (χ1) is 17.1. The van der Waals surface area contributed by atoms with Crippen LogP contribution in [-0.2, 0) is 12.8 Å². The number of pyridine rings is 1. The summed E-state index contributed by atoms with van der Waals surface area (Å²) in [5.74, 6) is 1.12. The summed E-state index contributed by atoms with van der Waals surface area (Å²) < 4.78 is 5.23. The van der Waals surface area contributed by atoms with Crippen LogP contribution in [-0.4, -0.2) is 36.0 Å². The number of aryl methyl sites for hydroxylation is 2. The first-order valence-electron chi connectivity index (χ1n) is 12.2. The Morgan fingerprint density at radius 3 is 2.40 bits per heavy atom. The second kappa shape index (κ2) is 10.2. The van der Waals surface area contributed by atoms with Gasteiger partial charge in [0.15, 0.2) is 0 Å². The lowest BCUT2D eigenvalue weighted by Gasteiger charge is -2.32. The van der Waals surface area contributed by atoms with Gasteiger partial charge in [-0.2, -0.15) is 0 Å². The number of piperidine rings is 1. The van der Waals surface area contributed by atoms with Crippen molar-refractivity contribution in [3.63, 3.8) is 0 Å². The fourth-order valence-corrected chi connectivity index (χ4v) is 5.06. The van der Waals surface area contributed by atoms with Crippen molar-refractivity contribution in [2.75, 3.05) is 20.2 Å². The second-order valence-electron chi connectivity index (χ2n) is 9.20. The lowest BCUT2D eigenvalue weighted by molar-refractivity contribution is 0.0711. The summed E-state index contributed by atoms with van der Waals surface area (Å²) in [5, 5.41) is 0.572. The molecule has 35 heavy (non-hydrogen) atoms. The lowest BCUT2D eigenvalue weighted by atomic mass is 9.89. The molecule has 1 aromatic heterocycles. The summed E-state index contributed by atoms with van der Waals surface area (Å²) in [6.07, 6.45) is 5.07. The number of carbonyl (C=O) groups excluding carboxylic acids is 1. The molecule has 178 valence electrons. The molecule has 5 nitrogen and oxygen atoms in total. The molecule has 2 heterocycles. The predicted octanol–water partition coefficient (Wildman–Crippen LogP) is 5.34. The molecular formula is C30H30N2O3. The number of hydrogen-bond donors (Lipinski definition) is 1. The number of fused-ring (bicyclic) bond motifs is 1. The van der Waals surface area contributed by atoms with Crippen LogP contribution in [0.5, 0.6) is 5.75 Å². The van der Waals surface area contributed by atoms with Crippen molar-refractivity contribution in [2.24, 2.45) is 0 Å². The Hall–Kier alpha value is -3.86. The number of aromatic nitrogens is 1. The van der Waals surface area contributed by atoms with Gasteiger partial charge in [-0.25, -0.2) is 0 Å². The number of aromatic amines is 1. The van der Waals surface area contributed by atoms with Gasteiger partial charge in [0.25, 0.3) is 5.91 Å². The van der Waals surface area contributed by atoms with Crippen molar-refractivity contribution in [1.29, 1.82) is 0 Å². The summed E-state index contributed by atoms with van der Waals surface area (Å²) in [5.41, 5.74) is 4.44. The number of para-hydroxylation sites is 1. The summed E-state index contributed by atoms with van der Waals surface area (Å²) in [4.78, 5) is 31.7. The van der Waals surface area contributed by atoms with E-state index in [4.69, 9.17) is 4.74 Å². The van der Waals surface area contributed by atoms with Crippen LogP contribution in [0.2, 0.25) is 0 Å². The van der Waals surface area contributed by atoms with Crippen LogP contribution in [0, 0.1) is 0 Å². The number of hydrogen-bond acceptors (Lipinski definition) is 3. The van der Waals surface area contributed by atoms with Crippen molar-refractivity contribution in [3.05, 3.63) is 111 Å². The van der Waals surface area contributed by atoms with E-state index in [0.717, 1.165) is 42.5 Å². The van der Waals surface area contributed by atoms with Gasteiger partial charge in [0, 0.05) is 24.7 Å². The molecule has 1 amide bonds. The van der Waals surface area contributed by atoms with Gasteiger partial charge >= 0.3 is 0 Å². The van der Waals surface area contributed by atoms with E-state index in [2.05, 4.69) is 41.4 Å². The van der Waals surface area contributed by atoms with E-state index in [1.165, 1.54) is 11.1 Å². The molecule has 1 N–H and O–H groups in total. The quantitative estimate of drug-likeness (QED) is 0.417. The lowest BCUT2D eigenvalue weighted by Crippen LogP contribution is -2.40. The van der Waals surface area contributed by atoms with E-state index >= 15 is 0 Å². The average Bonchev–Trinajstić information content (AvgIpc) is 2.93. The van der Waals surface area contributed by atoms with Crippen molar-refractivity contribution in [1.82, 2.24) is 9.88 Å². The van der Waals surface area contributed by atoms with Crippen LogP contribution in [0.1, 0.15) is 45.8 Å². The van der Waals surface area contributed by atoms with Crippen LogP contribution in [0.15, 0.2) is 83.8 Å². The average molecular weight is 467 g/mol. The van der Waals surface area contributed by atoms with Crippen molar-refractivity contribution in [3.8, 4) is 5.75 Å². The molecule has 5 rings (SSSR count). The highest BCUT2D eigenvalue weighted by atomic mass is 16.5. The number of nitrogens with one attached hydrogen (secondary N) is 1. The van der Waals surface area contributed by atoms with Crippen molar-refractivity contribution >= 4 is 16.8 Å². The highest BCUT2D eigenvalue weighted by Gasteiger charge is 2.26. The number of nitrogens with zero attached hydrogens (tertiary/aromatic N) is 1. The summed E-state index contributed by atoms with van der Waals surface area (Å²) >= 11 is 0. The maximum atomic E-state index is 13.3. The zero-order valence-electron chi connectivity index (χ0n) is 20.0. The van der Waals surface area contributed by atoms with Gasteiger partial charge in [-0.15, -0.1) is 0 Å². The fraction of sp³-hybridized carbons (Fsp3) is 0.267. The second-order valence-corrected chi connectivity index (χ2v) is 9.20. The van der Waals surface area contributed by atoms with E-state index in [1.807, 2.05) is 41.3 Å². The third-order valence-electron chi connectivity index (χ3n) is 7.13. The maximum absolute atomic E-state index is 13.3. The summed E-state index contributed by atoms with van der Waals surface area (Å²) in [7, 11) is 1.66. The third kappa shape index (κ3) is 4.85. The number of amides is 1. The minimum atomic E-state index is -0.194. The molecule has 1 fully saturated rings. The van der Waals surface area contributed by atoms with Gasteiger partial charge in [-0.3, -0.25) is 9.59 Å². The minimum absolute atomic E-state index is 0.178. The summed E-state index contributed by atoms with van der Waals surface area (Å²) in [6.45, 7) is 1.33. The van der Waals surface area contributed by atoms with Crippen LogP contribution in [0.25, 0.3) is 10.9 Å². The van der Waals surface area contributed by atoms with Gasteiger partial charge < -0.3 is 14.6 Å². The monoisotopic (exact) mass is 466 g/mol. The Bertz CT molecular complexity index is 1370. The molecule has 0 spiro atoms. The van der Waals surface area contributed by atoms with E-state index in [0.29, 0.717) is 24.4 Å². The van der Waals surface area contributed by atoms with Crippen LogP contribution in [0.4, 0.5) is 0 Å². The van der Waals surface area contributed by atoms with Crippen molar-refractivity contribution in [2.45, 2.75) is 31.6 Å². The smallest absolute Gasteiger partial charge is 0.259 e. The Morgan fingerprint density at radius 1 is 0.943 bits per heavy atom. The highest BCUT2D eigenvalue weighted by Crippen LogP contribution is 2.28. The number of likely N-dealkylation sites (tertiary alicyclic amines) is 1. The minimum Gasteiger partial charge on any atom is -0.497 e. The molecule has 0 radical (unpaired) electrons. The van der Waals surface area contributed by atoms with Crippen molar-refractivity contribution < 1.29 is 9.53 Å². The van der Waals surface area contributed by atoms with Gasteiger partial charge in [-0.05, 0) is 66.5 Å². The molecule has 0 aliphatic carbocycles. The molecule has 3 aromatic carbocycles. The van der Waals surface area contributed by atoms with Gasteiger partial charge in [-0.1, -0.05) is 54.6 Å². The molecule has 0 atom stereocenters. The predicted molar refractivity (Wildman–Crippen MR) is 139 cm³/mol. The molecule has 4 aromatic rings. The molecule has 1 saturated heterocycles. The van der Waals surface area contributed by atoms with E-state index in [1.54, 1.807) is 13.3 Å². The molecular weight excluding hydrogens is 436 g/mol. The molecule has 0 unspecified atom stereocenters. The number of carbonyl (C=O) groups is 1. The SMILES string of the molecule is COc1ccc(CCc2cccc3c(=O)c(C(=O)N4CCC(c5ccccc5)CC4)c[nH]c23)cc1. The number of benzene rings is 3. The molecule has 5 heteroatoms. The fourth-order valence-electron chi connectivity index (χ4n) is 5.06. The number of methoxy groups -OCH3 is 1. The first-order valence-corrected chi connectivity index (χ1v) is 12.2. The van der Waals surface area contributed by atoms with E-state index in [-0.39, 0.29) is 16.9 Å². The number of rotatable bonds is 6. The topological polar surface area (TPSA) is 62.4 Å². The van der Waals surface area contributed by atoms with Crippen LogP contribution in [0.3, 0.4) is 0 Å². The van der Waals surface area contributed by atoms with E-state index in [9.17, 15) is 9.59 Å². The van der Waals surface area contributed by atoms with Gasteiger partial charge in [0.2, 0.25) is 5.43 Å². The van der Waals surface area contributed by atoms with Crippen LogP contribution < -0.4 is 10.2 Å². The molecule has 0 bridgehead atoms. The zero-order valence-corrected chi connectivity index (χ0v) is 20.0. The summed E-state index contributed by atoms with van der Waals surface area (Å²) in [6, 6.07) is 24.3. The number of ether oxygens (including phenoxy) is 1. The maximum Gasteiger partial charge on any atom is 0.259 e.